The fourth-order valence-corrected chi connectivity index (χ4v) is 2.47. The monoisotopic (exact) mass is 268 g/mol. The first-order chi connectivity index (χ1) is 8.83. The molecule has 110 valence electrons. The van der Waals surface area contributed by atoms with Gasteiger partial charge in [0.1, 0.15) is 5.54 Å². The quantitative estimate of drug-likeness (QED) is 0.720. The van der Waals surface area contributed by atoms with Gasteiger partial charge in [0, 0.05) is 6.54 Å². The number of unbranched alkanes of at least 4 members (excludes halogenated alkanes) is 3. The first-order valence-corrected chi connectivity index (χ1v) is 7.43. The number of nitrogens with zero attached hydrogens (tertiary/aromatic N) is 1. The molecular formula is C15H28N2O2. The number of carbonyl (C=O) groups is 2. The van der Waals surface area contributed by atoms with Crippen LogP contribution in [0, 0.1) is 5.92 Å². The smallest absolute Gasteiger partial charge is 0.248 e. The van der Waals surface area contributed by atoms with Crippen LogP contribution in [0.1, 0.15) is 59.8 Å². The Morgan fingerprint density at radius 3 is 2.42 bits per heavy atom. The predicted octanol–water partition coefficient (Wildman–Crippen LogP) is 2.33. The molecule has 0 atom stereocenters. The summed E-state index contributed by atoms with van der Waals surface area (Å²) in [7, 11) is 0. The standard InChI is InChI=1S/C15H28N2O2/c1-12(2)9-7-5-6-8-10-17-11-13(18)16-15(3,4)14(17)19/h12H,5-11H2,1-4H3,(H,16,18). The Kier molecular flexibility index (Phi) is 5.83. The lowest BCUT2D eigenvalue weighted by Crippen LogP contribution is -2.63. The molecule has 0 aromatic rings. The van der Waals surface area contributed by atoms with Crippen molar-refractivity contribution in [2.75, 3.05) is 13.1 Å². The van der Waals surface area contributed by atoms with Crippen molar-refractivity contribution < 1.29 is 9.59 Å². The number of rotatable bonds is 7. The van der Waals surface area contributed by atoms with Crippen LogP contribution in [0.2, 0.25) is 0 Å². The van der Waals surface area contributed by atoms with Gasteiger partial charge >= 0.3 is 0 Å². The van der Waals surface area contributed by atoms with Gasteiger partial charge in [0.05, 0.1) is 6.54 Å². The molecule has 0 aliphatic carbocycles. The van der Waals surface area contributed by atoms with E-state index in [0.29, 0.717) is 6.54 Å². The van der Waals surface area contributed by atoms with Crippen molar-refractivity contribution in [2.24, 2.45) is 5.92 Å². The molecule has 0 bridgehead atoms. The zero-order chi connectivity index (χ0) is 14.5. The van der Waals surface area contributed by atoms with Crippen LogP contribution in [-0.2, 0) is 9.59 Å². The van der Waals surface area contributed by atoms with Crippen LogP contribution in [0.15, 0.2) is 0 Å². The summed E-state index contributed by atoms with van der Waals surface area (Å²) in [5.41, 5.74) is -0.743. The third-order valence-electron chi connectivity index (χ3n) is 3.57. The number of carbonyl (C=O) groups excluding carboxylic acids is 2. The van der Waals surface area contributed by atoms with Crippen molar-refractivity contribution >= 4 is 11.8 Å². The lowest BCUT2D eigenvalue weighted by Gasteiger charge is -2.37. The van der Waals surface area contributed by atoms with Gasteiger partial charge in [0.2, 0.25) is 11.8 Å². The van der Waals surface area contributed by atoms with Crippen LogP contribution in [0.25, 0.3) is 0 Å². The lowest BCUT2D eigenvalue weighted by atomic mass is 10.00. The van der Waals surface area contributed by atoms with Gasteiger partial charge in [-0.3, -0.25) is 9.59 Å². The van der Waals surface area contributed by atoms with E-state index in [4.69, 9.17) is 0 Å². The van der Waals surface area contributed by atoms with Gasteiger partial charge in [-0.15, -0.1) is 0 Å². The Hall–Kier alpha value is -1.06. The van der Waals surface area contributed by atoms with Crippen molar-refractivity contribution in [3.8, 4) is 0 Å². The summed E-state index contributed by atoms with van der Waals surface area (Å²) in [6.45, 7) is 8.94. The van der Waals surface area contributed by atoms with Crippen molar-refractivity contribution in [3.63, 3.8) is 0 Å². The molecule has 0 aromatic heterocycles. The number of nitrogens with one attached hydrogen (secondary N) is 1. The molecule has 0 spiro atoms. The van der Waals surface area contributed by atoms with E-state index in [-0.39, 0.29) is 18.4 Å². The molecule has 0 saturated carbocycles. The molecule has 1 rings (SSSR count). The highest BCUT2D eigenvalue weighted by atomic mass is 16.2. The van der Waals surface area contributed by atoms with E-state index >= 15 is 0 Å². The maximum Gasteiger partial charge on any atom is 0.248 e. The van der Waals surface area contributed by atoms with Crippen molar-refractivity contribution in [1.82, 2.24) is 10.2 Å². The average molecular weight is 268 g/mol. The summed E-state index contributed by atoms with van der Waals surface area (Å²) in [5.74, 6) is 0.756. The molecule has 1 saturated heterocycles. The Bertz CT molecular complexity index is 324. The minimum atomic E-state index is -0.743. The number of piperazine rings is 1. The SMILES string of the molecule is CC(C)CCCCCCN1CC(=O)NC(C)(C)C1=O. The molecule has 1 heterocycles. The largest absolute Gasteiger partial charge is 0.341 e. The summed E-state index contributed by atoms with van der Waals surface area (Å²) < 4.78 is 0. The van der Waals surface area contributed by atoms with Crippen LogP contribution < -0.4 is 5.32 Å². The Labute approximate surface area is 116 Å². The molecule has 1 fully saturated rings. The molecule has 1 N–H and O–H groups in total. The van der Waals surface area contributed by atoms with E-state index in [0.717, 1.165) is 18.8 Å². The van der Waals surface area contributed by atoms with Gasteiger partial charge < -0.3 is 10.2 Å². The zero-order valence-corrected chi connectivity index (χ0v) is 12.8. The second-order valence-corrected chi connectivity index (χ2v) is 6.50. The number of hydrogen-bond acceptors (Lipinski definition) is 2. The van der Waals surface area contributed by atoms with E-state index in [1.807, 2.05) is 0 Å². The Morgan fingerprint density at radius 2 is 1.79 bits per heavy atom. The van der Waals surface area contributed by atoms with Crippen molar-refractivity contribution in [3.05, 3.63) is 0 Å². The van der Waals surface area contributed by atoms with Crippen LogP contribution in [-0.4, -0.2) is 35.3 Å². The van der Waals surface area contributed by atoms with Gasteiger partial charge in [0.15, 0.2) is 0 Å². The number of hydrogen-bond donors (Lipinski definition) is 1. The molecule has 4 nitrogen and oxygen atoms in total. The van der Waals surface area contributed by atoms with Crippen LogP contribution >= 0.6 is 0 Å². The number of amides is 2. The highest BCUT2D eigenvalue weighted by Crippen LogP contribution is 2.15. The molecular weight excluding hydrogens is 240 g/mol. The van der Waals surface area contributed by atoms with Gasteiger partial charge in [-0.2, -0.15) is 0 Å². The van der Waals surface area contributed by atoms with Crippen molar-refractivity contribution in [2.45, 2.75) is 65.3 Å². The molecule has 1 aliphatic heterocycles. The van der Waals surface area contributed by atoms with E-state index in [1.54, 1.807) is 18.7 Å². The molecule has 0 unspecified atom stereocenters. The van der Waals surface area contributed by atoms with E-state index in [1.165, 1.54) is 19.3 Å². The second kappa shape index (κ2) is 6.92. The second-order valence-electron chi connectivity index (χ2n) is 6.50. The van der Waals surface area contributed by atoms with Crippen LogP contribution in [0.5, 0.6) is 0 Å². The summed E-state index contributed by atoms with van der Waals surface area (Å²) in [4.78, 5) is 25.3. The van der Waals surface area contributed by atoms with Gasteiger partial charge in [0.25, 0.3) is 0 Å². The van der Waals surface area contributed by atoms with E-state index < -0.39 is 5.54 Å². The van der Waals surface area contributed by atoms with Crippen LogP contribution in [0.3, 0.4) is 0 Å². The maximum atomic E-state index is 12.1. The first-order valence-electron chi connectivity index (χ1n) is 7.43. The highest BCUT2D eigenvalue weighted by molar-refractivity contribution is 5.97. The third kappa shape index (κ3) is 5.21. The molecule has 0 aromatic carbocycles. The summed E-state index contributed by atoms with van der Waals surface area (Å²) in [5, 5.41) is 2.73. The van der Waals surface area contributed by atoms with Gasteiger partial charge in [-0.25, -0.2) is 0 Å². The average Bonchev–Trinajstić information content (AvgIpc) is 2.28. The fraction of sp³-hybridized carbons (Fsp3) is 0.867. The van der Waals surface area contributed by atoms with Gasteiger partial charge in [-0.1, -0.05) is 39.5 Å². The zero-order valence-electron chi connectivity index (χ0n) is 12.8. The summed E-state index contributed by atoms with van der Waals surface area (Å²) in [6, 6.07) is 0. The van der Waals surface area contributed by atoms with Gasteiger partial charge in [-0.05, 0) is 26.2 Å². The molecule has 2 amide bonds. The van der Waals surface area contributed by atoms with E-state index in [9.17, 15) is 9.59 Å². The molecule has 0 radical (unpaired) electrons. The van der Waals surface area contributed by atoms with Crippen molar-refractivity contribution in [1.29, 1.82) is 0 Å². The lowest BCUT2D eigenvalue weighted by molar-refractivity contribution is -0.148. The highest BCUT2D eigenvalue weighted by Gasteiger charge is 2.38. The normalized spacial score (nSPS) is 18.9. The maximum absolute atomic E-state index is 12.1. The topological polar surface area (TPSA) is 49.4 Å². The van der Waals surface area contributed by atoms with Crippen LogP contribution in [0.4, 0.5) is 0 Å². The molecule has 4 heteroatoms. The Balaban J connectivity index is 2.25. The third-order valence-corrected chi connectivity index (χ3v) is 3.57. The molecule has 1 aliphatic rings. The summed E-state index contributed by atoms with van der Waals surface area (Å²) in [6.07, 6.45) is 5.89. The first kappa shape index (κ1) is 16.0. The molecule has 19 heavy (non-hydrogen) atoms. The predicted molar refractivity (Wildman–Crippen MR) is 76.7 cm³/mol. The fourth-order valence-electron chi connectivity index (χ4n) is 2.47. The minimum absolute atomic E-state index is 0.0364. The van der Waals surface area contributed by atoms with E-state index in [2.05, 4.69) is 19.2 Å². The Morgan fingerprint density at radius 1 is 1.16 bits per heavy atom. The minimum Gasteiger partial charge on any atom is -0.341 e. The summed E-state index contributed by atoms with van der Waals surface area (Å²) >= 11 is 0.